The van der Waals surface area contributed by atoms with Crippen molar-refractivity contribution < 1.29 is 23.1 Å². The molecule has 2 N–H and O–H groups in total. The van der Waals surface area contributed by atoms with Gasteiger partial charge in [-0.2, -0.15) is 17.9 Å². The van der Waals surface area contributed by atoms with Crippen molar-refractivity contribution in [3.8, 4) is 5.69 Å². The van der Waals surface area contributed by atoms with Gasteiger partial charge in [0.1, 0.15) is 0 Å². The zero-order valence-electron chi connectivity index (χ0n) is 13.9. The zero-order chi connectivity index (χ0) is 19.8. The Balaban J connectivity index is 1.95. The van der Waals surface area contributed by atoms with E-state index in [2.05, 4.69) is 10.1 Å². The lowest BCUT2D eigenvalue weighted by Crippen LogP contribution is -2.16. The molecule has 0 atom stereocenters. The molecule has 3 rings (SSSR count). The van der Waals surface area contributed by atoms with Crippen LogP contribution in [0.4, 0.5) is 24.8 Å². The monoisotopic (exact) mass is 378 g/mol. The molecule has 7 nitrogen and oxygen atoms in total. The van der Waals surface area contributed by atoms with Crippen LogP contribution in [0.3, 0.4) is 0 Å². The molecule has 3 aromatic rings. The van der Waals surface area contributed by atoms with Gasteiger partial charge in [-0.3, -0.25) is 4.98 Å². The highest BCUT2D eigenvalue weighted by Crippen LogP contribution is 2.30. The summed E-state index contributed by atoms with van der Waals surface area (Å²) >= 11 is 0. The van der Waals surface area contributed by atoms with Crippen LogP contribution in [-0.4, -0.2) is 32.9 Å². The minimum atomic E-state index is -4.54. The maximum absolute atomic E-state index is 12.9. The fraction of sp³-hybridized carbons (Fsp3) is 0.118. The predicted molar refractivity (Wildman–Crippen MR) is 90.7 cm³/mol. The molecule has 0 unspecified atom stereocenters. The van der Waals surface area contributed by atoms with Gasteiger partial charge in [-0.1, -0.05) is 6.07 Å². The first-order valence-electron chi connectivity index (χ1n) is 7.61. The molecular formula is C17H13F3N4O3. The summed E-state index contributed by atoms with van der Waals surface area (Å²) in [5.41, 5.74) is -1.01. The maximum Gasteiger partial charge on any atom is 0.416 e. The molecule has 2 aromatic carbocycles. The van der Waals surface area contributed by atoms with Crippen molar-refractivity contribution in [2.45, 2.75) is 6.18 Å². The number of benzene rings is 2. The normalized spacial score (nSPS) is 11.4. The smallest absolute Gasteiger partial charge is 0.416 e. The SMILES string of the molecule is CN(c1ccc(C(=O)O)cc1)c1nn(-c2cccc(C(F)(F)F)c2)c(=O)[nH]1. The average Bonchev–Trinajstić information content (AvgIpc) is 3.02. The van der Waals surface area contributed by atoms with Crippen LogP contribution < -0.4 is 10.6 Å². The number of aromatic nitrogens is 3. The molecule has 0 spiro atoms. The topological polar surface area (TPSA) is 91.2 Å². The molecule has 10 heteroatoms. The Bertz CT molecular complexity index is 1040. The Morgan fingerprint density at radius 2 is 1.85 bits per heavy atom. The fourth-order valence-corrected chi connectivity index (χ4v) is 2.40. The van der Waals surface area contributed by atoms with Crippen LogP contribution >= 0.6 is 0 Å². The van der Waals surface area contributed by atoms with Gasteiger partial charge in [-0.15, -0.1) is 5.10 Å². The van der Waals surface area contributed by atoms with E-state index >= 15 is 0 Å². The lowest BCUT2D eigenvalue weighted by Gasteiger charge is -2.15. The van der Waals surface area contributed by atoms with Crippen LogP contribution in [0.25, 0.3) is 5.69 Å². The Kier molecular flexibility index (Phi) is 4.48. The number of anilines is 2. The van der Waals surface area contributed by atoms with Crippen LogP contribution in [0.2, 0.25) is 0 Å². The van der Waals surface area contributed by atoms with Crippen molar-refractivity contribution in [2.75, 3.05) is 11.9 Å². The second kappa shape index (κ2) is 6.63. The van der Waals surface area contributed by atoms with Gasteiger partial charge in [0.15, 0.2) is 0 Å². The first-order valence-corrected chi connectivity index (χ1v) is 7.61. The number of carboxylic acids is 1. The minimum Gasteiger partial charge on any atom is -0.478 e. The Morgan fingerprint density at radius 1 is 1.19 bits per heavy atom. The van der Waals surface area contributed by atoms with Crippen molar-refractivity contribution in [1.29, 1.82) is 0 Å². The molecule has 1 aromatic heterocycles. The van der Waals surface area contributed by atoms with Crippen LogP contribution in [0.15, 0.2) is 53.3 Å². The molecule has 0 aliphatic heterocycles. The largest absolute Gasteiger partial charge is 0.478 e. The van der Waals surface area contributed by atoms with E-state index in [0.717, 1.165) is 16.8 Å². The highest BCUT2D eigenvalue weighted by Gasteiger charge is 2.30. The van der Waals surface area contributed by atoms with Gasteiger partial charge in [-0.05, 0) is 42.5 Å². The summed E-state index contributed by atoms with van der Waals surface area (Å²) in [6.07, 6.45) is -4.54. The summed E-state index contributed by atoms with van der Waals surface area (Å²) in [7, 11) is 1.57. The van der Waals surface area contributed by atoms with Gasteiger partial charge in [0.25, 0.3) is 0 Å². The predicted octanol–water partition coefficient (Wildman–Crippen LogP) is 3.05. The van der Waals surface area contributed by atoms with E-state index in [1.54, 1.807) is 7.05 Å². The van der Waals surface area contributed by atoms with Gasteiger partial charge in [0.2, 0.25) is 5.95 Å². The third kappa shape index (κ3) is 3.68. The van der Waals surface area contributed by atoms with Crippen molar-refractivity contribution in [2.24, 2.45) is 0 Å². The molecule has 0 saturated carbocycles. The minimum absolute atomic E-state index is 0.0352. The number of hydrogen-bond acceptors (Lipinski definition) is 4. The summed E-state index contributed by atoms with van der Waals surface area (Å²) in [5.74, 6) is -0.994. The van der Waals surface area contributed by atoms with Gasteiger partial charge in [-0.25, -0.2) is 9.59 Å². The Morgan fingerprint density at radius 3 is 2.44 bits per heavy atom. The highest BCUT2D eigenvalue weighted by molar-refractivity contribution is 5.88. The van der Waals surface area contributed by atoms with E-state index in [9.17, 15) is 22.8 Å². The van der Waals surface area contributed by atoms with Crippen molar-refractivity contribution in [1.82, 2.24) is 14.8 Å². The van der Waals surface area contributed by atoms with E-state index in [4.69, 9.17) is 5.11 Å². The number of nitrogens with one attached hydrogen (secondary N) is 1. The highest BCUT2D eigenvalue weighted by atomic mass is 19.4. The van der Waals surface area contributed by atoms with E-state index in [0.29, 0.717) is 5.69 Å². The average molecular weight is 378 g/mol. The molecule has 0 fully saturated rings. The lowest BCUT2D eigenvalue weighted by molar-refractivity contribution is -0.137. The summed E-state index contributed by atoms with van der Waals surface area (Å²) in [4.78, 5) is 27.0. The number of carbonyl (C=O) groups is 1. The van der Waals surface area contributed by atoms with Crippen LogP contribution in [-0.2, 0) is 6.18 Å². The number of carboxylic acid groups (broad SMARTS) is 1. The van der Waals surface area contributed by atoms with Crippen molar-refractivity contribution in [3.63, 3.8) is 0 Å². The standard InChI is InChI=1S/C17H13F3N4O3/c1-23(12-7-5-10(6-8-12)14(25)26)15-21-16(27)24(22-15)13-4-2-3-11(9-13)17(18,19)20/h2-9H,1H3,(H,25,26)(H,21,22,27). The third-order valence-electron chi connectivity index (χ3n) is 3.84. The first-order chi connectivity index (χ1) is 12.7. The van der Waals surface area contributed by atoms with Crippen LogP contribution in [0.5, 0.6) is 0 Å². The lowest BCUT2D eigenvalue weighted by atomic mass is 10.2. The van der Waals surface area contributed by atoms with E-state index in [1.165, 1.54) is 41.3 Å². The van der Waals surface area contributed by atoms with Crippen molar-refractivity contribution >= 4 is 17.6 Å². The number of aromatic carboxylic acids is 1. The maximum atomic E-state index is 12.9. The second-order valence-electron chi connectivity index (χ2n) is 5.62. The number of nitrogens with zero attached hydrogens (tertiary/aromatic N) is 3. The number of halogens is 3. The molecule has 140 valence electrons. The number of rotatable bonds is 4. The summed E-state index contributed by atoms with van der Waals surface area (Å²) < 4.78 is 39.4. The number of alkyl halides is 3. The van der Waals surface area contributed by atoms with Crippen LogP contribution in [0.1, 0.15) is 15.9 Å². The summed E-state index contributed by atoms with van der Waals surface area (Å²) in [6.45, 7) is 0. The van der Waals surface area contributed by atoms with Gasteiger partial charge in [0.05, 0.1) is 16.8 Å². The third-order valence-corrected chi connectivity index (χ3v) is 3.84. The Hall–Kier alpha value is -3.56. The molecule has 0 saturated heterocycles. The molecule has 27 heavy (non-hydrogen) atoms. The molecule has 0 aliphatic rings. The number of hydrogen-bond donors (Lipinski definition) is 2. The number of aromatic amines is 1. The molecule has 0 radical (unpaired) electrons. The van der Waals surface area contributed by atoms with Crippen LogP contribution in [0, 0.1) is 0 Å². The number of H-pyrrole nitrogens is 1. The van der Waals surface area contributed by atoms with E-state index in [-0.39, 0.29) is 17.2 Å². The molecule has 0 amide bonds. The molecule has 1 heterocycles. The second-order valence-corrected chi connectivity index (χ2v) is 5.62. The zero-order valence-corrected chi connectivity index (χ0v) is 13.9. The van der Waals surface area contributed by atoms with Crippen molar-refractivity contribution in [3.05, 3.63) is 70.1 Å². The van der Waals surface area contributed by atoms with Gasteiger partial charge in [0, 0.05) is 12.7 Å². The van der Waals surface area contributed by atoms with Gasteiger partial charge < -0.3 is 10.0 Å². The first kappa shape index (κ1) is 18.2. The molecular weight excluding hydrogens is 365 g/mol. The Labute approximate surface area is 150 Å². The summed E-state index contributed by atoms with van der Waals surface area (Å²) in [6, 6.07) is 10.1. The molecule has 0 bridgehead atoms. The summed E-state index contributed by atoms with van der Waals surface area (Å²) in [5, 5.41) is 12.9. The van der Waals surface area contributed by atoms with E-state index < -0.39 is 23.4 Å². The van der Waals surface area contributed by atoms with E-state index in [1.807, 2.05) is 0 Å². The quantitative estimate of drug-likeness (QED) is 0.728. The van der Waals surface area contributed by atoms with Gasteiger partial charge >= 0.3 is 17.8 Å². The molecule has 0 aliphatic carbocycles. The fourth-order valence-electron chi connectivity index (χ4n) is 2.40.